The molecule has 118 valence electrons. The third-order valence-corrected chi connectivity index (χ3v) is 4.62. The van der Waals surface area contributed by atoms with Crippen LogP contribution in [0.1, 0.15) is 24.5 Å². The molecule has 0 fully saturated rings. The van der Waals surface area contributed by atoms with Crippen molar-refractivity contribution in [3.63, 3.8) is 0 Å². The average Bonchev–Trinajstić information content (AvgIpc) is 2.59. The van der Waals surface area contributed by atoms with Gasteiger partial charge in [-0.15, -0.1) is 0 Å². The fourth-order valence-electron chi connectivity index (χ4n) is 3.15. The molecule has 1 aliphatic rings. The first-order chi connectivity index (χ1) is 11.2. The zero-order valence-electron chi connectivity index (χ0n) is 14.0. The lowest BCUT2D eigenvalue weighted by atomic mass is 9.82. The van der Waals surface area contributed by atoms with Gasteiger partial charge in [0.15, 0.2) is 0 Å². The molecule has 0 saturated heterocycles. The van der Waals surface area contributed by atoms with Crippen LogP contribution in [-0.4, -0.2) is 12.7 Å². The van der Waals surface area contributed by atoms with Gasteiger partial charge in [0.1, 0.15) is 0 Å². The van der Waals surface area contributed by atoms with Gasteiger partial charge in [-0.25, -0.2) is 0 Å². The van der Waals surface area contributed by atoms with E-state index < -0.39 is 0 Å². The first-order valence-corrected chi connectivity index (χ1v) is 8.22. The third kappa shape index (κ3) is 4.00. The van der Waals surface area contributed by atoms with E-state index in [0.29, 0.717) is 0 Å². The van der Waals surface area contributed by atoms with Gasteiger partial charge >= 0.3 is 0 Å². The lowest BCUT2D eigenvalue weighted by Crippen LogP contribution is -2.28. The summed E-state index contributed by atoms with van der Waals surface area (Å²) in [7, 11) is 1.80. The molecule has 1 unspecified atom stereocenters. The Morgan fingerprint density at radius 2 is 1.43 bits per heavy atom. The van der Waals surface area contributed by atoms with Crippen molar-refractivity contribution < 1.29 is 4.74 Å². The van der Waals surface area contributed by atoms with Gasteiger partial charge in [0, 0.05) is 13.5 Å². The van der Waals surface area contributed by atoms with Crippen LogP contribution in [0.2, 0.25) is 0 Å². The molecule has 2 aromatic carbocycles. The maximum atomic E-state index is 5.72. The van der Waals surface area contributed by atoms with E-state index in [9.17, 15) is 0 Å². The Morgan fingerprint density at radius 3 is 2.00 bits per heavy atom. The molecule has 0 N–H and O–H groups in total. The highest BCUT2D eigenvalue weighted by atomic mass is 16.5. The number of allylic oxidation sites excluding steroid dienone is 2. The minimum Gasteiger partial charge on any atom is -0.374 e. The normalized spacial score (nSPS) is 20.8. The van der Waals surface area contributed by atoms with Crippen molar-refractivity contribution in [3.8, 4) is 0 Å². The largest absolute Gasteiger partial charge is 0.374 e. The number of hydrogen-bond acceptors (Lipinski definition) is 1. The Morgan fingerprint density at radius 1 is 0.870 bits per heavy atom. The van der Waals surface area contributed by atoms with Crippen molar-refractivity contribution in [2.45, 2.75) is 31.8 Å². The molecule has 0 saturated carbocycles. The second-order valence-corrected chi connectivity index (χ2v) is 6.48. The minimum absolute atomic E-state index is 0.190. The Balaban J connectivity index is 1.89. The highest BCUT2D eigenvalue weighted by molar-refractivity contribution is 5.40. The van der Waals surface area contributed by atoms with Crippen LogP contribution in [0, 0.1) is 0 Å². The maximum Gasteiger partial charge on any atom is 0.0871 e. The molecule has 0 heterocycles. The lowest BCUT2D eigenvalue weighted by molar-refractivity contribution is 0.0472. The van der Waals surface area contributed by atoms with Gasteiger partial charge in [0.25, 0.3) is 0 Å². The van der Waals surface area contributed by atoms with E-state index in [4.69, 9.17) is 4.74 Å². The van der Waals surface area contributed by atoms with Gasteiger partial charge < -0.3 is 4.74 Å². The van der Waals surface area contributed by atoms with Gasteiger partial charge in [0.2, 0.25) is 0 Å². The first-order valence-electron chi connectivity index (χ1n) is 8.22. The number of benzene rings is 2. The molecule has 1 atom stereocenters. The third-order valence-electron chi connectivity index (χ3n) is 4.62. The van der Waals surface area contributed by atoms with E-state index in [0.717, 1.165) is 19.3 Å². The zero-order chi connectivity index (χ0) is 16.1. The van der Waals surface area contributed by atoms with E-state index in [2.05, 4.69) is 79.7 Å². The van der Waals surface area contributed by atoms with Crippen LogP contribution in [0.3, 0.4) is 0 Å². The van der Waals surface area contributed by atoms with Gasteiger partial charge in [-0.05, 0) is 36.5 Å². The Labute approximate surface area is 139 Å². The predicted molar refractivity (Wildman–Crippen MR) is 96.5 cm³/mol. The second kappa shape index (κ2) is 6.97. The summed E-state index contributed by atoms with van der Waals surface area (Å²) in [4.78, 5) is 0. The molecule has 2 aromatic rings. The van der Waals surface area contributed by atoms with Gasteiger partial charge in [0.05, 0.1) is 5.60 Å². The Kier molecular flexibility index (Phi) is 4.78. The number of hydrogen-bond donors (Lipinski definition) is 0. The second-order valence-electron chi connectivity index (χ2n) is 6.48. The molecule has 0 aliphatic heterocycles. The van der Waals surface area contributed by atoms with Crippen LogP contribution in [-0.2, 0) is 17.6 Å². The standard InChI is InChI=1S/C22H24O/c1-22(23-2)14-13-20(15-18-9-5-3-6-10-18)21(17-22)16-19-11-7-4-8-12-19/h3-14H,15-17H2,1-2H3. The van der Waals surface area contributed by atoms with E-state index in [1.54, 1.807) is 7.11 Å². The Hall–Kier alpha value is -2.12. The van der Waals surface area contributed by atoms with Crippen molar-refractivity contribution >= 4 is 0 Å². The van der Waals surface area contributed by atoms with Crippen LogP contribution in [0.5, 0.6) is 0 Å². The number of ether oxygens (including phenoxy) is 1. The summed E-state index contributed by atoms with van der Waals surface area (Å²) >= 11 is 0. The fourth-order valence-corrected chi connectivity index (χ4v) is 3.15. The molecule has 0 radical (unpaired) electrons. The molecular formula is C22H24O. The van der Waals surface area contributed by atoms with Crippen LogP contribution < -0.4 is 0 Å². The molecule has 1 nitrogen and oxygen atoms in total. The molecule has 1 heteroatoms. The van der Waals surface area contributed by atoms with Crippen molar-refractivity contribution in [1.82, 2.24) is 0 Å². The summed E-state index contributed by atoms with van der Waals surface area (Å²) in [6.07, 6.45) is 7.40. The van der Waals surface area contributed by atoms with E-state index in [1.807, 2.05) is 0 Å². The van der Waals surface area contributed by atoms with Crippen molar-refractivity contribution in [2.75, 3.05) is 7.11 Å². The smallest absolute Gasteiger partial charge is 0.0871 e. The number of methoxy groups -OCH3 is 1. The summed E-state index contributed by atoms with van der Waals surface area (Å²) in [6, 6.07) is 21.4. The first kappa shape index (κ1) is 15.8. The van der Waals surface area contributed by atoms with Crippen LogP contribution in [0.4, 0.5) is 0 Å². The van der Waals surface area contributed by atoms with Crippen molar-refractivity contribution in [3.05, 3.63) is 95.1 Å². The van der Waals surface area contributed by atoms with Crippen molar-refractivity contribution in [1.29, 1.82) is 0 Å². The predicted octanol–water partition coefficient (Wildman–Crippen LogP) is 5.13. The molecule has 0 aromatic heterocycles. The summed E-state index contributed by atoms with van der Waals surface area (Å²) < 4.78 is 5.72. The van der Waals surface area contributed by atoms with Gasteiger partial charge in [-0.2, -0.15) is 0 Å². The molecule has 3 rings (SSSR count). The zero-order valence-corrected chi connectivity index (χ0v) is 14.0. The summed E-state index contributed by atoms with van der Waals surface area (Å²) in [5.74, 6) is 0. The molecule has 0 spiro atoms. The Bertz CT molecular complexity index is 697. The topological polar surface area (TPSA) is 9.23 Å². The van der Waals surface area contributed by atoms with Crippen LogP contribution in [0.15, 0.2) is 84.0 Å². The quantitative estimate of drug-likeness (QED) is 0.743. The molecule has 23 heavy (non-hydrogen) atoms. The lowest BCUT2D eigenvalue weighted by Gasteiger charge is -2.31. The van der Waals surface area contributed by atoms with Gasteiger partial charge in [-0.1, -0.05) is 78.4 Å². The SMILES string of the molecule is COC1(C)C=CC(Cc2ccccc2)=C(Cc2ccccc2)C1. The van der Waals surface area contributed by atoms with E-state index >= 15 is 0 Å². The fraction of sp³-hybridized carbons (Fsp3) is 0.273. The monoisotopic (exact) mass is 304 g/mol. The average molecular weight is 304 g/mol. The summed E-state index contributed by atoms with van der Waals surface area (Å²) in [5.41, 5.74) is 5.44. The van der Waals surface area contributed by atoms with Crippen molar-refractivity contribution in [2.24, 2.45) is 0 Å². The number of rotatable bonds is 5. The van der Waals surface area contributed by atoms with Crippen LogP contribution >= 0.6 is 0 Å². The maximum absolute atomic E-state index is 5.72. The summed E-state index contributed by atoms with van der Waals surface area (Å²) in [6.45, 7) is 2.16. The molecule has 0 bridgehead atoms. The van der Waals surface area contributed by atoms with E-state index in [-0.39, 0.29) is 5.60 Å². The van der Waals surface area contributed by atoms with Crippen LogP contribution in [0.25, 0.3) is 0 Å². The molecule has 0 amide bonds. The molecule has 1 aliphatic carbocycles. The highest BCUT2D eigenvalue weighted by Gasteiger charge is 2.26. The highest BCUT2D eigenvalue weighted by Crippen LogP contribution is 2.33. The minimum atomic E-state index is -0.190. The van der Waals surface area contributed by atoms with E-state index in [1.165, 1.54) is 22.3 Å². The molecular weight excluding hydrogens is 280 g/mol. The summed E-state index contributed by atoms with van der Waals surface area (Å²) in [5, 5.41) is 0. The van der Waals surface area contributed by atoms with Gasteiger partial charge in [-0.3, -0.25) is 0 Å².